The first-order valence-corrected chi connectivity index (χ1v) is 11.3. The Bertz CT molecular complexity index is 24.1. The quantitative estimate of drug-likeness (QED) is 0.414. The first kappa shape index (κ1) is 12.3. The SMILES string of the molecule is [CH2-]CO.[I][Co]([I])[I]. The maximum absolute atomic E-state index is 7.46. The Kier molecular flexibility index (Phi) is 20.2. The van der Waals surface area contributed by atoms with Crippen molar-refractivity contribution in [2.75, 3.05) is 6.61 Å². The summed E-state index contributed by atoms with van der Waals surface area (Å²) in [6.07, 6.45) is 0. The van der Waals surface area contributed by atoms with Crippen LogP contribution in [0.4, 0.5) is 0 Å². The number of hydrogen-bond donors (Lipinski definition) is 1. The van der Waals surface area contributed by atoms with Crippen molar-refractivity contribution >= 4 is 61.2 Å². The van der Waals surface area contributed by atoms with Gasteiger partial charge in [-0.2, -0.15) is 0 Å². The third kappa shape index (κ3) is 54.4. The van der Waals surface area contributed by atoms with Crippen LogP contribution in [0, 0.1) is 6.92 Å². The molecular weight excluding hydrogens is 480 g/mol. The van der Waals surface area contributed by atoms with Crippen LogP contribution in [0.2, 0.25) is 0 Å². The van der Waals surface area contributed by atoms with Crippen LogP contribution in [-0.4, -0.2) is 11.7 Å². The van der Waals surface area contributed by atoms with E-state index in [2.05, 4.69) is 68.2 Å². The second-order valence-electron chi connectivity index (χ2n) is 0.366. The van der Waals surface area contributed by atoms with Crippen molar-refractivity contribution in [3.05, 3.63) is 6.92 Å². The van der Waals surface area contributed by atoms with Gasteiger partial charge >= 0.3 is 65.3 Å². The third-order valence-electron chi connectivity index (χ3n) is 0. The topological polar surface area (TPSA) is 20.2 Å². The van der Waals surface area contributed by atoms with Gasteiger partial charge < -0.3 is 12.0 Å². The second-order valence-corrected chi connectivity index (χ2v) is 26.7. The molecule has 0 amide bonds. The van der Waals surface area contributed by atoms with E-state index in [1.807, 2.05) is 0 Å². The van der Waals surface area contributed by atoms with Gasteiger partial charge in [0, 0.05) is 0 Å². The summed E-state index contributed by atoms with van der Waals surface area (Å²) in [5, 5.41) is 7.46. The van der Waals surface area contributed by atoms with Crippen molar-refractivity contribution in [3.8, 4) is 0 Å². The maximum atomic E-state index is 7.46. The first-order chi connectivity index (χ1) is 3.15. The zero-order chi connectivity index (χ0) is 6.28. The van der Waals surface area contributed by atoms with E-state index in [9.17, 15) is 0 Å². The van der Waals surface area contributed by atoms with E-state index >= 15 is 0 Å². The Morgan fingerprint density at radius 3 is 1.43 bits per heavy atom. The summed E-state index contributed by atoms with van der Waals surface area (Å²) in [7, 11) is 0. The molecule has 0 atom stereocenters. The van der Waals surface area contributed by atoms with E-state index in [0.717, 1.165) is 0 Å². The molecule has 1 N–H and O–H groups in total. The number of halogens is 3. The van der Waals surface area contributed by atoms with Crippen molar-refractivity contribution in [1.82, 2.24) is 0 Å². The van der Waals surface area contributed by atoms with Crippen LogP contribution in [-0.2, 0) is 4.00 Å². The van der Waals surface area contributed by atoms with E-state index < -0.39 is 0 Å². The Morgan fingerprint density at radius 1 is 1.43 bits per heavy atom. The molecule has 0 aromatic carbocycles. The van der Waals surface area contributed by atoms with Crippen LogP contribution in [0.25, 0.3) is 0 Å². The molecule has 7 heavy (non-hydrogen) atoms. The fraction of sp³-hybridized carbons (Fsp3) is 0.500. The molecule has 0 spiro atoms. The van der Waals surface area contributed by atoms with Gasteiger partial charge in [-0.25, -0.2) is 0 Å². The van der Waals surface area contributed by atoms with Gasteiger partial charge in [-0.05, 0) is 0 Å². The van der Waals surface area contributed by atoms with Crippen molar-refractivity contribution in [2.24, 2.45) is 0 Å². The van der Waals surface area contributed by atoms with Gasteiger partial charge in [0.25, 0.3) is 0 Å². The Balaban J connectivity index is 0. The summed E-state index contributed by atoms with van der Waals surface area (Å²) in [6.45, 7) is 3.04. The normalized spacial score (nSPS) is 9.00. The zero-order valence-corrected chi connectivity index (χ0v) is 10.8. The summed E-state index contributed by atoms with van der Waals surface area (Å²) in [5.74, 6) is 0. The van der Waals surface area contributed by atoms with Crippen molar-refractivity contribution < 1.29 is 9.11 Å². The number of aliphatic hydroxyl groups excluding tert-OH is 1. The van der Waals surface area contributed by atoms with E-state index in [1.165, 1.54) is 0 Å². The molecule has 50 valence electrons. The van der Waals surface area contributed by atoms with Crippen LogP contribution >= 0.6 is 61.2 Å². The number of hydrogen-bond acceptors (Lipinski definition) is 1. The third-order valence-corrected chi connectivity index (χ3v) is 0. The van der Waals surface area contributed by atoms with Gasteiger partial charge in [-0.3, -0.25) is 0 Å². The molecule has 0 fully saturated rings. The van der Waals surface area contributed by atoms with Crippen molar-refractivity contribution in [2.45, 2.75) is 0 Å². The average Bonchev–Trinajstić information content (AvgIpc) is 1.33. The molecule has 0 bridgehead atoms. The monoisotopic (exact) mass is 485 g/mol. The van der Waals surface area contributed by atoms with Crippen LogP contribution in [0.15, 0.2) is 0 Å². The van der Waals surface area contributed by atoms with E-state index in [1.54, 1.807) is 0 Å². The minimum absolute atomic E-state index is 0. The van der Waals surface area contributed by atoms with Crippen molar-refractivity contribution in [1.29, 1.82) is 0 Å². The minimum atomic E-state index is 0. The van der Waals surface area contributed by atoms with Crippen molar-refractivity contribution in [3.63, 3.8) is 0 Å². The molecule has 0 aromatic heterocycles. The Morgan fingerprint density at radius 2 is 1.43 bits per heavy atom. The molecule has 0 aliphatic rings. The summed E-state index contributed by atoms with van der Waals surface area (Å²) < 4.78 is 0.306. The fourth-order valence-electron chi connectivity index (χ4n) is 0. The van der Waals surface area contributed by atoms with Crippen LogP contribution in [0.5, 0.6) is 0 Å². The van der Waals surface area contributed by atoms with Gasteiger partial charge in [0.05, 0.1) is 0 Å². The molecule has 0 radical (unpaired) electrons. The van der Waals surface area contributed by atoms with Gasteiger partial charge in [-0.15, -0.1) is 0 Å². The first-order valence-electron chi connectivity index (χ1n) is 1.19. The standard InChI is InChI=1S/C2H5O.Co.3HI/c1-2-3;;;;/h3H,1-2H2;;3*1H/q-1;+3;;;/p-3. The molecule has 0 unspecified atom stereocenters. The molecule has 0 aliphatic carbocycles. The zero-order valence-electron chi connectivity index (χ0n) is 3.33. The molecule has 0 aromatic rings. The Hall–Kier alpha value is 2.66. The van der Waals surface area contributed by atoms with E-state index in [4.69, 9.17) is 5.11 Å². The summed E-state index contributed by atoms with van der Waals surface area (Å²) in [4.78, 5) is 0. The molecule has 5 heteroatoms. The Labute approximate surface area is 82.2 Å². The molecule has 0 rings (SSSR count). The predicted octanol–water partition coefficient (Wildman–Crippen LogP) is 2.47. The fourth-order valence-corrected chi connectivity index (χ4v) is 0. The van der Waals surface area contributed by atoms with Crippen LogP contribution in [0.3, 0.4) is 0 Å². The van der Waals surface area contributed by atoms with Gasteiger partial charge in [0.15, 0.2) is 0 Å². The van der Waals surface area contributed by atoms with Crippen LogP contribution < -0.4 is 0 Å². The molecule has 0 saturated heterocycles. The number of rotatable bonds is 0. The summed E-state index contributed by atoms with van der Waals surface area (Å²) >= 11 is 7.14. The summed E-state index contributed by atoms with van der Waals surface area (Å²) in [6, 6.07) is 0. The van der Waals surface area contributed by atoms with Gasteiger partial charge in [-0.1, -0.05) is 6.61 Å². The predicted molar refractivity (Wildman–Crippen MR) is 54.5 cm³/mol. The van der Waals surface area contributed by atoms with Gasteiger partial charge in [0.1, 0.15) is 0 Å². The van der Waals surface area contributed by atoms with Crippen LogP contribution in [0.1, 0.15) is 0 Å². The molecular formula is C2H5CoI3O-. The second kappa shape index (κ2) is 11.5. The van der Waals surface area contributed by atoms with E-state index in [-0.39, 0.29) is 6.61 Å². The molecule has 0 heterocycles. The average molecular weight is 485 g/mol. The molecule has 1 nitrogen and oxygen atoms in total. The summed E-state index contributed by atoms with van der Waals surface area (Å²) in [5.41, 5.74) is 0. The molecule has 0 aliphatic heterocycles. The number of aliphatic hydroxyl groups is 1. The van der Waals surface area contributed by atoms with E-state index in [0.29, 0.717) is 4.00 Å². The molecule has 0 saturated carbocycles. The van der Waals surface area contributed by atoms with Gasteiger partial charge in [0.2, 0.25) is 0 Å².